The van der Waals surface area contributed by atoms with Gasteiger partial charge in [0.25, 0.3) is 5.91 Å². The molecule has 9 heteroatoms. The summed E-state index contributed by atoms with van der Waals surface area (Å²) in [5.74, 6) is 0.374. The molecule has 2 aromatic carbocycles. The Balaban J connectivity index is 1.44. The molecule has 1 saturated heterocycles. The highest BCUT2D eigenvalue weighted by molar-refractivity contribution is 5.97. The van der Waals surface area contributed by atoms with E-state index in [-0.39, 0.29) is 30.8 Å². The molecule has 2 N–H and O–H groups in total. The van der Waals surface area contributed by atoms with E-state index in [1.165, 1.54) is 14.2 Å². The lowest BCUT2D eigenvalue weighted by Gasteiger charge is -2.34. The molecule has 0 unspecified atom stereocenters. The number of piperazine rings is 1. The minimum atomic E-state index is -0.365. The number of hydrogen-bond acceptors (Lipinski definition) is 6. The SMILES string of the molecule is COc1ccc(C(=O)NCC(=O)N2CCN(CC(=O)Nc3c(C)cccc3C)CC2)cc1OC. The predicted molar refractivity (Wildman–Crippen MR) is 129 cm³/mol. The lowest BCUT2D eigenvalue weighted by Crippen LogP contribution is -2.52. The summed E-state index contributed by atoms with van der Waals surface area (Å²) in [6, 6.07) is 10.7. The molecule has 182 valence electrons. The highest BCUT2D eigenvalue weighted by Gasteiger charge is 2.23. The number of carbonyl (C=O) groups is 3. The molecule has 9 nitrogen and oxygen atoms in total. The fourth-order valence-corrected chi connectivity index (χ4v) is 3.90. The van der Waals surface area contributed by atoms with Crippen LogP contribution in [0.5, 0.6) is 11.5 Å². The summed E-state index contributed by atoms with van der Waals surface area (Å²) in [4.78, 5) is 41.2. The lowest BCUT2D eigenvalue weighted by molar-refractivity contribution is -0.132. The standard InChI is InChI=1S/C25H32N4O5/c1-17-6-5-7-18(2)24(17)27-22(30)16-28-10-12-29(13-11-28)23(31)15-26-25(32)19-8-9-20(33-3)21(14-19)34-4/h5-9,14H,10-13,15-16H2,1-4H3,(H,26,32)(H,27,30). The van der Waals surface area contributed by atoms with Gasteiger partial charge in [0.1, 0.15) is 0 Å². The van der Waals surface area contributed by atoms with Crippen molar-refractivity contribution in [1.82, 2.24) is 15.1 Å². The monoisotopic (exact) mass is 468 g/mol. The molecule has 0 aromatic heterocycles. The van der Waals surface area contributed by atoms with Gasteiger partial charge in [0, 0.05) is 37.4 Å². The average Bonchev–Trinajstić information content (AvgIpc) is 2.84. The second-order valence-electron chi connectivity index (χ2n) is 8.22. The van der Waals surface area contributed by atoms with Crippen molar-refractivity contribution in [2.45, 2.75) is 13.8 Å². The van der Waals surface area contributed by atoms with E-state index in [0.29, 0.717) is 43.2 Å². The second kappa shape index (κ2) is 11.5. The molecule has 0 bridgehead atoms. The molecule has 1 aliphatic heterocycles. The maximum absolute atomic E-state index is 12.6. The number of anilines is 1. The van der Waals surface area contributed by atoms with E-state index in [9.17, 15) is 14.4 Å². The summed E-state index contributed by atoms with van der Waals surface area (Å²) >= 11 is 0. The van der Waals surface area contributed by atoms with Gasteiger partial charge in [0.2, 0.25) is 11.8 Å². The van der Waals surface area contributed by atoms with Crippen molar-refractivity contribution in [2.24, 2.45) is 0 Å². The van der Waals surface area contributed by atoms with Gasteiger partial charge in [-0.3, -0.25) is 19.3 Å². The summed E-state index contributed by atoms with van der Waals surface area (Å²) in [6.07, 6.45) is 0. The third-order valence-corrected chi connectivity index (χ3v) is 5.88. The van der Waals surface area contributed by atoms with Crippen LogP contribution in [0.3, 0.4) is 0 Å². The Hall–Kier alpha value is -3.59. The summed E-state index contributed by atoms with van der Waals surface area (Å²) < 4.78 is 10.4. The Morgan fingerprint density at radius 1 is 0.912 bits per heavy atom. The van der Waals surface area contributed by atoms with Gasteiger partial charge in [0.05, 0.1) is 27.3 Å². The first kappa shape index (κ1) is 25.0. The van der Waals surface area contributed by atoms with Crippen LogP contribution in [0.4, 0.5) is 5.69 Å². The molecule has 0 atom stereocenters. The molecular formula is C25H32N4O5. The zero-order valence-electron chi connectivity index (χ0n) is 20.1. The molecular weight excluding hydrogens is 436 g/mol. The smallest absolute Gasteiger partial charge is 0.251 e. The Bertz CT molecular complexity index is 1030. The normalized spacial score (nSPS) is 13.8. The van der Waals surface area contributed by atoms with Gasteiger partial charge in [-0.2, -0.15) is 0 Å². The summed E-state index contributed by atoms with van der Waals surface area (Å²) in [5.41, 5.74) is 3.29. The summed E-state index contributed by atoms with van der Waals surface area (Å²) in [6.45, 7) is 6.30. The zero-order valence-corrected chi connectivity index (χ0v) is 20.1. The van der Waals surface area contributed by atoms with Gasteiger partial charge in [-0.15, -0.1) is 0 Å². The number of nitrogens with one attached hydrogen (secondary N) is 2. The van der Waals surface area contributed by atoms with Crippen LogP contribution in [-0.4, -0.2) is 81.0 Å². The molecule has 1 fully saturated rings. The Morgan fingerprint density at radius 3 is 2.18 bits per heavy atom. The first-order valence-electron chi connectivity index (χ1n) is 11.2. The first-order valence-corrected chi connectivity index (χ1v) is 11.2. The van der Waals surface area contributed by atoms with Gasteiger partial charge >= 0.3 is 0 Å². The van der Waals surface area contributed by atoms with Crippen LogP contribution < -0.4 is 20.1 Å². The van der Waals surface area contributed by atoms with Crippen molar-refractivity contribution < 1.29 is 23.9 Å². The van der Waals surface area contributed by atoms with E-state index in [2.05, 4.69) is 10.6 Å². The van der Waals surface area contributed by atoms with Gasteiger partial charge in [-0.25, -0.2) is 0 Å². The van der Waals surface area contributed by atoms with Gasteiger partial charge in [0.15, 0.2) is 11.5 Å². The van der Waals surface area contributed by atoms with Crippen molar-refractivity contribution in [3.05, 3.63) is 53.1 Å². The fraction of sp³-hybridized carbons (Fsp3) is 0.400. The van der Waals surface area contributed by atoms with E-state index in [0.717, 1.165) is 16.8 Å². The van der Waals surface area contributed by atoms with Gasteiger partial charge in [-0.05, 0) is 43.2 Å². The van der Waals surface area contributed by atoms with E-state index in [1.54, 1.807) is 23.1 Å². The zero-order chi connectivity index (χ0) is 24.7. The maximum Gasteiger partial charge on any atom is 0.251 e. The molecule has 1 heterocycles. The first-order chi connectivity index (χ1) is 16.3. The van der Waals surface area contributed by atoms with Crippen LogP contribution in [-0.2, 0) is 9.59 Å². The maximum atomic E-state index is 12.6. The predicted octanol–water partition coefficient (Wildman–Crippen LogP) is 1.83. The van der Waals surface area contributed by atoms with Crippen LogP contribution >= 0.6 is 0 Å². The number of rotatable bonds is 8. The van der Waals surface area contributed by atoms with E-state index in [1.807, 2.05) is 36.9 Å². The molecule has 0 saturated carbocycles. The van der Waals surface area contributed by atoms with E-state index in [4.69, 9.17) is 9.47 Å². The summed E-state index contributed by atoms with van der Waals surface area (Å²) in [5, 5.41) is 5.66. The van der Waals surface area contributed by atoms with Crippen molar-refractivity contribution >= 4 is 23.4 Å². The lowest BCUT2D eigenvalue weighted by atomic mass is 10.1. The Labute approximate surface area is 200 Å². The number of para-hydroxylation sites is 1. The number of benzene rings is 2. The number of methoxy groups -OCH3 is 2. The molecule has 0 aliphatic carbocycles. The van der Waals surface area contributed by atoms with Crippen LogP contribution in [0.15, 0.2) is 36.4 Å². The fourth-order valence-electron chi connectivity index (χ4n) is 3.90. The molecule has 3 rings (SSSR count). The molecule has 1 aliphatic rings. The Kier molecular flexibility index (Phi) is 8.48. The van der Waals surface area contributed by atoms with Crippen LogP contribution in [0.1, 0.15) is 21.5 Å². The highest BCUT2D eigenvalue weighted by Crippen LogP contribution is 2.27. The number of carbonyl (C=O) groups excluding carboxylic acids is 3. The number of nitrogens with zero attached hydrogens (tertiary/aromatic N) is 2. The van der Waals surface area contributed by atoms with Crippen LogP contribution in [0, 0.1) is 13.8 Å². The van der Waals surface area contributed by atoms with Crippen molar-refractivity contribution in [3.8, 4) is 11.5 Å². The largest absolute Gasteiger partial charge is 0.493 e. The Morgan fingerprint density at radius 2 is 1.56 bits per heavy atom. The number of ether oxygens (including phenoxy) is 2. The molecule has 0 radical (unpaired) electrons. The second-order valence-corrected chi connectivity index (χ2v) is 8.22. The van der Waals surface area contributed by atoms with Gasteiger partial charge < -0.3 is 25.0 Å². The number of aryl methyl sites for hydroxylation is 2. The summed E-state index contributed by atoms with van der Waals surface area (Å²) in [7, 11) is 3.02. The average molecular weight is 469 g/mol. The van der Waals surface area contributed by atoms with Crippen molar-refractivity contribution in [2.75, 3.05) is 58.8 Å². The minimum absolute atomic E-state index is 0.0700. The van der Waals surface area contributed by atoms with Crippen molar-refractivity contribution in [1.29, 1.82) is 0 Å². The molecule has 3 amide bonds. The number of amides is 3. The third kappa shape index (κ3) is 6.26. The van der Waals surface area contributed by atoms with Crippen LogP contribution in [0.25, 0.3) is 0 Å². The molecule has 0 spiro atoms. The van der Waals surface area contributed by atoms with Crippen LogP contribution in [0.2, 0.25) is 0 Å². The third-order valence-electron chi connectivity index (χ3n) is 5.88. The van der Waals surface area contributed by atoms with E-state index >= 15 is 0 Å². The highest BCUT2D eigenvalue weighted by atomic mass is 16.5. The molecule has 34 heavy (non-hydrogen) atoms. The van der Waals surface area contributed by atoms with Gasteiger partial charge in [-0.1, -0.05) is 18.2 Å². The topological polar surface area (TPSA) is 100 Å². The van der Waals surface area contributed by atoms with E-state index < -0.39 is 0 Å². The minimum Gasteiger partial charge on any atom is -0.493 e. The number of hydrogen-bond donors (Lipinski definition) is 2. The molecule has 2 aromatic rings. The van der Waals surface area contributed by atoms with Crippen molar-refractivity contribution in [3.63, 3.8) is 0 Å². The quantitative estimate of drug-likeness (QED) is 0.613.